The topological polar surface area (TPSA) is 79.8 Å². The molecular weight excluding hydrogens is 260 g/mol. The van der Waals surface area contributed by atoms with Crippen molar-refractivity contribution in [3.05, 3.63) is 30.3 Å². The number of ether oxygens (including phenoxy) is 2. The second-order valence-corrected chi connectivity index (χ2v) is 4.03. The normalized spacial score (nSPS) is 10.1. The number of urea groups is 1. The first kappa shape index (κ1) is 16.3. The molecule has 0 aliphatic rings. The summed E-state index contributed by atoms with van der Waals surface area (Å²) in [4.78, 5) is 11.3. The van der Waals surface area contributed by atoms with Gasteiger partial charge in [-0.1, -0.05) is 18.2 Å². The summed E-state index contributed by atoms with van der Waals surface area (Å²) >= 11 is 0. The number of hydrogen-bond acceptors (Lipinski definition) is 4. The maximum atomic E-state index is 11.3. The molecule has 20 heavy (non-hydrogen) atoms. The predicted octanol–water partition coefficient (Wildman–Crippen LogP) is 0.764. The van der Waals surface area contributed by atoms with E-state index in [4.69, 9.17) is 14.6 Å². The summed E-state index contributed by atoms with van der Waals surface area (Å²) in [5.41, 5.74) is 0. The van der Waals surface area contributed by atoms with Crippen LogP contribution in [0.1, 0.15) is 6.42 Å². The first-order chi connectivity index (χ1) is 9.83. The fourth-order valence-corrected chi connectivity index (χ4v) is 1.45. The Balaban J connectivity index is 1.91. The maximum absolute atomic E-state index is 11.3. The molecule has 6 heteroatoms. The van der Waals surface area contributed by atoms with E-state index in [0.717, 1.165) is 12.2 Å². The SMILES string of the molecule is O=C(NCCCOc1ccccc1)NCCOCCO. The van der Waals surface area contributed by atoms with Crippen LogP contribution < -0.4 is 15.4 Å². The van der Waals surface area contributed by atoms with Crippen LogP contribution in [0.3, 0.4) is 0 Å². The quantitative estimate of drug-likeness (QED) is 0.554. The summed E-state index contributed by atoms with van der Waals surface area (Å²) in [5, 5.41) is 13.9. The van der Waals surface area contributed by atoms with Gasteiger partial charge in [0.25, 0.3) is 0 Å². The highest BCUT2D eigenvalue weighted by Gasteiger charge is 1.98. The van der Waals surface area contributed by atoms with Crippen LogP contribution in [0.2, 0.25) is 0 Å². The van der Waals surface area contributed by atoms with Gasteiger partial charge in [0.1, 0.15) is 5.75 Å². The highest BCUT2D eigenvalue weighted by molar-refractivity contribution is 5.73. The predicted molar refractivity (Wildman–Crippen MR) is 75.9 cm³/mol. The minimum Gasteiger partial charge on any atom is -0.494 e. The number of rotatable bonds is 10. The molecule has 112 valence electrons. The van der Waals surface area contributed by atoms with Crippen molar-refractivity contribution < 1.29 is 19.4 Å². The average molecular weight is 282 g/mol. The molecule has 0 saturated carbocycles. The van der Waals surface area contributed by atoms with Crippen LogP contribution in [-0.2, 0) is 4.74 Å². The summed E-state index contributed by atoms with van der Waals surface area (Å²) in [5.74, 6) is 0.831. The third-order valence-electron chi connectivity index (χ3n) is 2.39. The van der Waals surface area contributed by atoms with Crippen LogP contribution >= 0.6 is 0 Å². The molecule has 1 aromatic rings. The Morgan fingerprint density at radius 2 is 1.80 bits per heavy atom. The monoisotopic (exact) mass is 282 g/mol. The van der Waals surface area contributed by atoms with Gasteiger partial charge >= 0.3 is 6.03 Å². The molecule has 0 aliphatic carbocycles. The van der Waals surface area contributed by atoms with Gasteiger partial charge in [0, 0.05) is 13.1 Å². The van der Waals surface area contributed by atoms with Gasteiger partial charge in [-0.15, -0.1) is 0 Å². The van der Waals surface area contributed by atoms with Crippen molar-refractivity contribution in [1.82, 2.24) is 10.6 Å². The van der Waals surface area contributed by atoms with Gasteiger partial charge in [0.15, 0.2) is 0 Å². The molecule has 3 N–H and O–H groups in total. The smallest absolute Gasteiger partial charge is 0.314 e. The molecule has 0 saturated heterocycles. The number of nitrogens with one attached hydrogen (secondary N) is 2. The van der Waals surface area contributed by atoms with Gasteiger partial charge in [-0.25, -0.2) is 4.79 Å². The second-order valence-electron chi connectivity index (χ2n) is 4.03. The van der Waals surface area contributed by atoms with Crippen LogP contribution in [0.15, 0.2) is 30.3 Å². The molecule has 1 aromatic carbocycles. The fraction of sp³-hybridized carbons (Fsp3) is 0.500. The van der Waals surface area contributed by atoms with Crippen molar-refractivity contribution in [3.8, 4) is 5.75 Å². The molecule has 0 fully saturated rings. The highest BCUT2D eigenvalue weighted by atomic mass is 16.5. The number of para-hydroxylation sites is 1. The lowest BCUT2D eigenvalue weighted by Gasteiger charge is -2.08. The number of aliphatic hydroxyl groups is 1. The van der Waals surface area contributed by atoms with E-state index in [0.29, 0.717) is 32.9 Å². The molecule has 0 atom stereocenters. The lowest BCUT2D eigenvalue weighted by atomic mass is 10.3. The standard InChI is InChI=1S/C14H22N2O4/c17-9-12-19-11-8-16-14(18)15-7-4-10-20-13-5-2-1-3-6-13/h1-3,5-6,17H,4,7-12H2,(H2,15,16,18). The molecule has 0 aliphatic heterocycles. The lowest BCUT2D eigenvalue weighted by molar-refractivity contribution is 0.0947. The van der Waals surface area contributed by atoms with E-state index in [1.807, 2.05) is 30.3 Å². The molecule has 2 amide bonds. The average Bonchev–Trinajstić information content (AvgIpc) is 2.48. The first-order valence-electron chi connectivity index (χ1n) is 6.71. The molecule has 0 spiro atoms. The molecule has 0 bridgehead atoms. The van der Waals surface area contributed by atoms with Crippen molar-refractivity contribution >= 4 is 6.03 Å². The van der Waals surface area contributed by atoms with Crippen molar-refractivity contribution in [2.75, 3.05) is 39.5 Å². The number of carbonyl (C=O) groups is 1. The largest absolute Gasteiger partial charge is 0.494 e. The van der Waals surface area contributed by atoms with Gasteiger partial charge in [-0.2, -0.15) is 0 Å². The molecule has 0 aromatic heterocycles. The molecule has 0 heterocycles. The van der Waals surface area contributed by atoms with Crippen LogP contribution in [0.5, 0.6) is 5.75 Å². The van der Waals surface area contributed by atoms with Gasteiger partial charge in [-0.3, -0.25) is 0 Å². The Hall–Kier alpha value is -1.79. The van der Waals surface area contributed by atoms with Gasteiger partial charge in [-0.05, 0) is 18.6 Å². The second kappa shape index (κ2) is 11.1. The van der Waals surface area contributed by atoms with Crippen LogP contribution in [0, 0.1) is 0 Å². The van der Waals surface area contributed by atoms with Crippen molar-refractivity contribution in [3.63, 3.8) is 0 Å². The first-order valence-corrected chi connectivity index (χ1v) is 6.71. The summed E-state index contributed by atoms with van der Waals surface area (Å²) in [6.45, 7) is 2.21. The Morgan fingerprint density at radius 3 is 2.55 bits per heavy atom. The number of hydrogen-bond donors (Lipinski definition) is 3. The van der Waals surface area contributed by atoms with E-state index >= 15 is 0 Å². The van der Waals surface area contributed by atoms with E-state index in [1.54, 1.807) is 0 Å². The Morgan fingerprint density at radius 1 is 1.05 bits per heavy atom. The van der Waals surface area contributed by atoms with E-state index in [1.165, 1.54) is 0 Å². The molecule has 0 radical (unpaired) electrons. The Kier molecular flexibility index (Phi) is 9.00. The molecular formula is C14H22N2O4. The number of benzene rings is 1. The fourth-order valence-electron chi connectivity index (χ4n) is 1.45. The molecule has 1 rings (SSSR count). The number of carbonyl (C=O) groups excluding carboxylic acids is 1. The molecule has 0 unspecified atom stereocenters. The van der Waals surface area contributed by atoms with Gasteiger partial charge in [0.2, 0.25) is 0 Å². The zero-order valence-corrected chi connectivity index (χ0v) is 11.5. The third-order valence-corrected chi connectivity index (χ3v) is 2.39. The van der Waals surface area contributed by atoms with Crippen LogP contribution in [-0.4, -0.2) is 50.7 Å². The van der Waals surface area contributed by atoms with Crippen LogP contribution in [0.4, 0.5) is 4.79 Å². The summed E-state index contributed by atoms with van der Waals surface area (Å²) < 4.78 is 10.5. The number of amides is 2. The Labute approximate surface area is 119 Å². The Bertz CT molecular complexity index is 359. The van der Waals surface area contributed by atoms with Gasteiger partial charge < -0.3 is 25.2 Å². The van der Waals surface area contributed by atoms with E-state index in [2.05, 4.69) is 10.6 Å². The minimum absolute atomic E-state index is 0.00634. The van der Waals surface area contributed by atoms with E-state index < -0.39 is 0 Å². The van der Waals surface area contributed by atoms with E-state index in [9.17, 15) is 4.79 Å². The van der Waals surface area contributed by atoms with E-state index in [-0.39, 0.29) is 12.6 Å². The van der Waals surface area contributed by atoms with Crippen molar-refractivity contribution in [1.29, 1.82) is 0 Å². The minimum atomic E-state index is -0.225. The zero-order valence-electron chi connectivity index (χ0n) is 11.5. The summed E-state index contributed by atoms with van der Waals surface area (Å²) in [7, 11) is 0. The maximum Gasteiger partial charge on any atom is 0.314 e. The van der Waals surface area contributed by atoms with Crippen molar-refractivity contribution in [2.24, 2.45) is 0 Å². The zero-order chi connectivity index (χ0) is 14.5. The number of aliphatic hydroxyl groups excluding tert-OH is 1. The third kappa shape index (κ3) is 8.34. The lowest BCUT2D eigenvalue weighted by Crippen LogP contribution is -2.38. The summed E-state index contributed by atoms with van der Waals surface area (Å²) in [6, 6.07) is 9.33. The van der Waals surface area contributed by atoms with Crippen LogP contribution in [0.25, 0.3) is 0 Å². The molecule has 6 nitrogen and oxygen atoms in total. The van der Waals surface area contributed by atoms with Crippen molar-refractivity contribution in [2.45, 2.75) is 6.42 Å². The highest BCUT2D eigenvalue weighted by Crippen LogP contribution is 2.07. The summed E-state index contributed by atoms with van der Waals surface area (Å²) in [6.07, 6.45) is 0.739. The van der Waals surface area contributed by atoms with Gasteiger partial charge in [0.05, 0.1) is 26.4 Å².